The molecular weight excluding hydrogens is 380 g/mol. The summed E-state index contributed by atoms with van der Waals surface area (Å²) in [5, 5.41) is 6.20. The number of amides is 1. The van der Waals surface area contributed by atoms with E-state index in [9.17, 15) is 4.79 Å². The number of nitrogens with one attached hydrogen (secondary N) is 2. The van der Waals surface area contributed by atoms with Gasteiger partial charge in [0.2, 0.25) is 5.91 Å². The van der Waals surface area contributed by atoms with Gasteiger partial charge in [0.25, 0.3) is 0 Å². The van der Waals surface area contributed by atoms with Crippen LogP contribution in [-0.2, 0) is 4.79 Å². The first kappa shape index (κ1) is 23.3. The van der Waals surface area contributed by atoms with Crippen molar-refractivity contribution in [2.45, 2.75) is 46.6 Å². The van der Waals surface area contributed by atoms with Gasteiger partial charge < -0.3 is 26.8 Å². The van der Waals surface area contributed by atoms with Crippen molar-refractivity contribution in [3.63, 3.8) is 0 Å². The van der Waals surface area contributed by atoms with E-state index in [0.29, 0.717) is 35.4 Å². The Hall–Kier alpha value is -3.03. The minimum absolute atomic E-state index is 0.00353. The lowest BCUT2D eigenvalue weighted by Gasteiger charge is -2.31. The summed E-state index contributed by atoms with van der Waals surface area (Å²) in [7, 11) is 1.57. The topological polar surface area (TPSA) is 127 Å². The lowest BCUT2D eigenvalue weighted by Crippen LogP contribution is -2.41. The molecule has 164 valence electrons. The maximum atomic E-state index is 12.4. The Kier molecular flexibility index (Phi) is 7.86. The highest BCUT2D eigenvalue weighted by Crippen LogP contribution is 2.33. The van der Waals surface area contributed by atoms with Crippen LogP contribution in [0, 0.1) is 11.3 Å². The van der Waals surface area contributed by atoms with Crippen molar-refractivity contribution in [2.24, 2.45) is 32.8 Å². The molecule has 1 heterocycles. The van der Waals surface area contributed by atoms with Gasteiger partial charge in [0.15, 0.2) is 0 Å². The minimum Gasteiger partial charge on any atom is -0.494 e. The highest BCUT2D eigenvalue weighted by atomic mass is 16.5. The number of hydrogen-bond acceptors (Lipinski definition) is 5. The molecule has 2 rings (SSSR count). The molecule has 1 fully saturated rings. The van der Waals surface area contributed by atoms with E-state index in [-0.39, 0.29) is 17.4 Å². The Morgan fingerprint density at radius 3 is 2.70 bits per heavy atom. The lowest BCUT2D eigenvalue weighted by atomic mass is 9.76. The third kappa shape index (κ3) is 6.50. The number of hydrogen-bond donors (Lipinski definition) is 4. The molecule has 0 bridgehead atoms. The van der Waals surface area contributed by atoms with Crippen LogP contribution >= 0.6 is 0 Å². The second-order valence-electron chi connectivity index (χ2n) is 8.60. The summed E-state index contributed by atoms with van der Waals surface area (Å²) in [6.07, 6.45) is 4.80. The van der Waals surface area contributed by atoms with Gasteiger partial charge in [-0.3, -0.25) is 4.79 Å². The largest absolute Gasteiger partial charge is 0.494 e. The minimum atomic E-state index is -0.321. The van der Waals surface area contributed by atoms with Crippen LogP contribution in [0.5, 0.6) is 5.75 Å². The molecule has 1 aromatic carbocycles. The first-order valence-corrected chi connectivity index (χ1v) is 10.1. The zero-order valence-corrected chi connectivity index (χ0v) is 18.5. The van der Waals surface area contributed by atoms with Gasteiger partial charge in [0, 0.05) is 18.3 Å². The fourth-order valence-electron chi connectivity index (χ4n) is 3.35. The Labute approximate surface area is 178 Å². The molecule has 1 amide bonds. The summed E-state index contributed by atoms with van der Waals surface area (Å²) in [5.41, 5.74) is 13.8. The highest BCUT2D eigenvalue weighted by molar-refractivity contribution is 5.86. The van der Waals surface area contributed by atoms with Gasteiger partial charge in [-0.1, -0.05) is 26.8 Å². The van der Waals surface area contributed by atoms with Crippen LogP contribution in [0.2, 0.25) is 0 Å². The predicted octanol–water partition coefficient (Wildman–Crippen LogP) is 2.52. The van der Waals surface area contributed by atoms with Crippen LogP contribution in [0.15, 0.2) is 34.4 Å². The number of nitrogens with zero attached hydrogens (tertiary/aromatic N) is 2. The molecule has 2 atom stereocenters. The zero-order chi connectivity index (χ0) is 22.3. The first-order chi connectivity index (χ1) is 14.1. The van der Waals surface area contributed by atoms with E-state index >= 15 is 0 Å². The van der Waals surface area contributed by atoms with Crippen molar-refractivity contribution in [3.05, 3.63) is 30.0 Å². The summed E-state index contributed by atoms with van der Waals surface area (Å²) in [5.74, 6) is 1.42. The van der Waals surface area contributed by atoms with E-state index in [1.165, 1.54) is 6.34 Å². The van der Waals surface area contributed by atoms with Crippen molar-refractivity contribution < 1.29 is 9.53 Å². The average Bonchev–Trinajstić information content (AvgIpc) is 2.87. The molecular formula is C22H34N6O2. The van der Waals surface area contributed by atoms with Crippen LogP contribution in [0.4, 0.5) is 5.69 Å². The normalized spacial score (nSPS) is 21.3. The number of ether oxygens (including phenoxy) is 1. The van der Waals surface area contributed by atoms with E-state index in [4.69, 9.17) is 16.2 Å². The van der Waals surface area contributed by atoms with Crippen LogP contribution < -0.4 is 26.8 Å². The van der Waals surface area contributed by atoms with Crippen molar-refractivity contribution in [2.75, 3.05) is 13.7 Å². The first-order valence-electron chi connectivity index (χ1n) is 10.1. The van der Waals surface area contributed by atoms with Gasteiger partial charge in [-0.25, -0.2) is 9.98 Å². The van der Waals surface area contributed by atoms with Gasteiger partial charge in [0.1, 0.15) is 23.8 Å². The molecule has 0 radical (unpaired) electrons. The number of carbonyl (C=O) groups excluding carboxylic acids is 1. The monoisotopic (exact) mass is 414 g/mol. The molecule has 1 aliphatic heterocycles. The van der Waals surface area contributed by atoms with E-state index < -0.39 is 0 Å². The molecule has 1 aromatic rings. The smallest absolute Gasteiger partial charge is 0.242 e. The van der Waals surface area contributed by atoms with E-state index in [2.05, 4.69) is 41.4 Å². The quantitative estimate of drug-likeness (QED) is 0.420. The Balaban J connectivity index is 2.16. The summed E-state index contributed by atoms with van der Waals surface area (Å²) in [6, 6.07) is 5.11. The number of benzene rings is 1. The van der Waals surface area contributed by atoms with Crippen LogP contribution in [0.3, 0.4) is 0 Å². The molecule has 0 aliphatic carbocycles. The fraction of sp³-hybridized carbons (Fsp3) is 0.500. The number of methoxy groups -OCH3 is 1. The maximum Gasteiger partial charge on any atom is 0.242 e. The van der Waals surface area contributed by atoms with Gasteiger partial charge >= 0.3 is 0 Å². The van der Waals surface area contributed by atoms with Gasteiger partial charge in [0.05, 0.1) is 18.6 Å². The fourth-order valence-corrected chi connectivity index (χ4v) is 3.35. The third-order valence-electron chi connectivity index (χ3n) is 5.26. The van der Waals surface area contributed by atoms with Crippen LogP contribution in [-0.4, -0.2) is 37.8 Å². The average molecular weight is 415 g/mol. The van der Waals surface area contributed by atoms with Gasteiger partial charge in [-0.2, -0.15) is 0 Å². The summed E-state index contributed by atoms with van der Waals surface area (Å²) in [6.45, 7) is 9.02. The Bertz CT molecular complexity index is 835. The molecule has 8 nitrogen and oxygen atoms in total. The van der Waals surface area contributed by atoms with Crippen molar-refractivity contribution in [3.8, 4) is 5.75 Å². The number of amidine groups is 1. The molecule has 1 saturated heterocycles. The van der Waals surface area contributed by atoms with Crippen LogP contribution in [0.1, 0.15) is 46.1 Å². The second kappa shape index (κ2) is 10.1. The van der Waals surface area contributed by atoms with Crippen molar-refractivity contribution >= 4 is 29.5 Å². The van der Waals surface area contributed by atoms with E-state index in [1.807, 2.05) is 6.07 Å². The van der Waals surface area contributed by atoms with Gasteiger partial charge in [-0.05, 0) is 43.2 Å². The second-order valence-corrected chi connectivity index (χ2v) is 8.60. The number of aliphatic imine (C=N–C) groups is 2. The number of carbonyl (C=O) groups is 1. The predicted molar refractivity (Wildman–Crippen MR) is 123 cm³/mol. The molecule has 0 spiro atoms. The SMILES string of the molecule is COc1cc(/C(N)=C/NC2CC(C(C)(C)C)CCNC2=O)ccc1N=CN=C(C)N. The van der Waals surface area contributed by atoms with Crippen molar-refractivity contribution in [1.82, 2.24) is 10.6 Å². The lowest BCUT2D eigenvalue weighted by molar-refractivity contribution is -0.122. The summed E-state index contributed by atoms with van der Waals surface area (Å²) >= 11 is 0. The molecule has 1 aliphatic rings. The maximum absolute atomic E-state index is 12.4. The molecule has 2 unspecified atom stereocenters. The molecule has 30 heavy (non-hydrogen) atoms. The number of rotatable bonds is 6. The number of nitrogens with two attached hydrogens (primary N) is 2. The Morgan fingerprint density at radius 2 is 2.07 bits per heavy atom. The van der Waals surface area contributed by atoms with Crippen LogP contribution in [0.25, 0.3) is 5.70 Å². The highest BCUT2D eigenvalue weighted by Gasteiger charge is 2.32. The standard InChI is InChI=1S/C22H34N6O2/c1-14(23)27-13-28-18-7-6-15(10-20(18)30-5)17(24)12-26-19-11-16(22(2,3)4)8-9-25-21(19)29/h6-7,10,12-13,16,19,26H,8-9,11,24H2,1-5H3,(H,25,29)(H2,23,27,28)/b17-12-. The third-order valence-corrected chi connectivity index (χ3v) is 5.26. The molecule has 0 saturated carbocycles. The summed E-state index contributed by atoms with van der Waals surface area (Å²) in [4.78, 5) is 20.6. The van der Waals surface area contributed by atoms with Crippen molar-refractivity contribution in [1.29, 1.82) is 0 Å². The van der Waals surface area contributed by atoms with E-state index in [0.717, 1.165) is 18.4 Å². The van der Waals surface area contributed by atoms with Gasteiger partial charge in [-0.15, -0.1) is 0 Å². The molecule has 6 N–H and O–H groups in total. The summed E-state index contributed by atoms with van der Waals surface area (Å²) < 4.78 is 5.41. The zero-order valence-electron chi connectivity index (χ0n) is 18.5. The van der Waals surface area contributed by atoms with E-state index in [1.54, 1.807) is 32.4 Å². The molecule has 0 aromatic heterocycles. The molecule has 8 heteroatoms. The Morgan fingerprint density at radius 1 is 1.33 bits per heavy atom.